The van der Waals surface area contributed by atoms with Gasteiger partial charge >= 0.3 is 0 Å². The highest BCUT2D eigenvalue weighted by atomic mass is 32.1. The van der Waals surface area contributed by atoms with Crippen molar-refractivity contribution >= 4 is 40.1 Å². The molecule has 0 fully saturated rings. The summed E-state index contributed by atoms with van der Waals surface area (Å²) in [5, 5.41) is 13.8. The summed E-state index contributed by atoms with van der Waals surface area (Å²) in [4.78, 5) is 40.6. The van der Waals surface area contributed by atoms with Gasteiger partial charge in [0.15, 0.2) is 17.2 Å². The van der Waals surface area contributed by atoms with E-state index in [-0.39, 0.29) is 23.2 Å². The van der Waals surface area contributed by atoms with Gasteiger partial charge in [-0.1, -0.05) is 6.07 Å². The lowest BCUT2D eigenvalue weighted by molar-refractivity contribution is 0.0929. The first kappa shape index (κ1) is 21.9. The third kappa shape index (κ3) is 3.77. The number of carbonyl (C=O) groups excluding carboxylic acids is 1. The number of aryl methyl sites for hydroxylation is 1. The zero-order valence-electron chi connectivity index (χ0n) is 19.2. The molecule has 0 spiro atoms. The Labute approximate surface area is 208 Å². The summed E-state index contributed by atoms with van der Waals surface area (Å²) in [5.74, 6) is 0.587. The number of nitrogens with one attached hydrogen (secondary N) is 3. The molecule has 1 aliphatic carbocycles. The lowest BCUT2D eigenvalue weighted by atomic mass is 10.2. The second kappa shape index (κ2) is 8.89. The second-order valence-electron chi connectivity index (χ2n) is 8.21. The van der Waals surface area contributed by atoms with Gasteiger partial charge in [0.25, 0.3) is 11.5 Å². The minimum Gasteiger partial charge on any atom is -0.385 e. The van der Waals surface area contributed by atoms with Gasteiger partial charge in [0.05, 0.1) is 29.1 Å². The second-order valence-corrected chi connectivity index (χ2v) is 9.15. The van der Waals surface area contributed by atoms with Crippen LogP contribution in [0.3, 0.4) is 0 Å². The van der Waals surface area contributed by atoms with E-state index in [0.717, 1.165) is 18.5 Å². The number of anilines is 3. The molecule has 0 bridgehead atoms. The standard InChI is InChI=1S/C24H21N9O2S/c1-25-16-11-19(29-15-5-4-10-32(24(15)35)20-6-2-3-9-26-20)31-33-17(12-27-22(16)33)23(34)30-14-7-8-18-21(14)28-13-36-18/h2-6,9-14,25H,7-8H2,1H3,(H,29,31)(H,30,34). The minimum atomic E-state index is -0.294. The average molecular weight is 500 g/mol. The molecular weight excluding hydrogens is 478 g/mol. The molecule has 0 saturated carbocycles. The van der Waals surface area contributed by atoms with E-state index in [0.29, 0.717) is 28.7 Å². The van der Waals surface area contributed by atoms with Crippen LogP contribution in [0.2, 0.25) is 0 Å². The molecule has 1 atom stereocenters. The van der Waals surface area contributed by atoms with Crippen molar-refractivity contribution in [1.82, 2.24) is 34.4 Å². The first-order valence-corrected chi connectivity index (χ1v) is 12.2. The number of carbonyl (C=O) groups is 1. The minimum absolute atomic E-state index is 0.135. The SMILES string of the molecule is CNc1cc(Nc2cccn(-c3ccccn3)c2=O)nn2c(C(=O)NC3CCc4scnc43)cnc12. The van der Waals surface area contributed by atoms with Crippen LogP contribution in [0.1, 0.15) is 33.5 Å². The first-order chi connectivity index (χ1) is 17.6. The maximum atomic E-state index is 13.2. The zero-order valence-corrected chi connectivity index (χ0v) is 20.0. The number of nitrogens with zero attached hydrogens (tertiary/aromatic N) is 6. The third-order valence-corrected chi connectivity index (χ3v) is 6.95. The van der Waals surface area contributed by atoms with Crippen LogP contribution in [0, 0.1) is 0 Å². The van der Waals surface area contributed by atoms with Crippen molar-refractivity contribution in [1.29, 1.82) is 0 Å². The Morgan fingerprint density at radius 2 is 2.06 bits per heavy atom. The number of thiazole rings is 1. The number of aromatic nitrogens is 6. The third-order valence-electron chi connectivity index (χ3n) is 6.04. The summed E-state index contributed by atoms with van der Waals surface area (Å²) in [5.41, 5.74) is 4.19. The fraction of sp³-hybridized carbons (Fsp3) is 0.167. The van der Waals surface area contributed by atoms with Crippen molar-refractivity contribution in [2.75, 3.05) is 17.7 Å². The van der Waals surface area contributed by atoms with E-state index in [4.69, 9.17) is 0 Å². The van der Waals surface area contributed by atoms with Crippen molar-refractivity contribution < 1.29 is 4.79 Å². The smallest absolute Gasteiger partial charge is 0.279 e. The number of pyridine rings is 2. The summed E-state index contributed by atoms with van der Waals surface area (Å²) < 4.78 is 2.92. The summed E-state index contributed by atoms with van der Waals surface area (Å²) >= 11 is 1.61. The molecule has 1 unspecified atom stereocenters. The van der Waals surface area contributed by atoms with Gasteiger partial charge < -0.3 is 16.0 Å². The fourth-order valence-electron chi connectivity index (χ4n) is 4.31. The van der Waals surface area contributed by atoms with Crippen molar-refractivity contribution in [2.24, 2.45) is 0 Å². The van der Waals surface area contributed by atoms with Crippen molar-refractivity contribution in [2.45, 2.75) is 18.9 Å². The number of rotatable bonds is 6. The summed E-state index contributed by atoms with van der Waals surface area (Å²) in [6.07, 6.45) is 6.50. The highest BCUT2D eigenvalue weighted by Crippen LogP contribution is 2.33. The van der Waals surface area contributed by atoms with Crippen LogP contribution >= 0.6 is 11.3 Å². The van der Waals surface area contributed by atoms with Crippen LogP contribution in [-0.2, 0) is 6.42 Å². The molecule has 0 aromatic carbocycles. The molecule has 0 aliphatic heterocycles. The Morgan fingerprint density at radius 3 is 2.89 bits per heavy atom. The number of amides is 1. The van der Waals surface area contributed by atoms with Crippen LogP contribution in [0.15, 0.2) is 65.3 Å². The molecule has 0 radical (unpaired) electrons. The van der Waals surface area contributed by atoms with Crippen LogP contribution in [-0.4, -0.2) is 42.1 Å². The largest absolute Gasteiger partial charge is 0.385 e. The Bertz CT molecular complexity index is 1640. The van der Waals surface area contributed by atoms with Crippen molar-refractivity contribution in [3.63, 3.8) is 0 Å². The van der Waals surface area contributed by atoms with Crippen LogP contribution in [0.25, 0.3) is 11.5 Å². The quantitative estimate of drug-likeness (QED) is 0.325. The molecule has 11 nitrogen and oxygen atoms in total. The molecule has 36 heavy (non-hydrogen) atoms. The Morgan fingerprint density at radius 1 is 1.14 bits per heavy atom. The molecule has 3 N–H and O–H groups in total. The van der Waals surface area contributed by atoms with E-state index < -0.39 is 0 Å². The predicted octanol–water partition coefficient (Wildman–Crippen LogP) is 2.93. The highest BCUT2D eigenvalue weighted by molar-refractivity contribution is 7.09. The summed E-state index contributed by atoms with van der Waals surface area (Å²) in [6, 6.07) is 10.4. The Hall–Kier alpha value is -4.58. The van der Waals surface area contributed by atoms with Crippen LogP contribution in [0.4, 0.5) is 17.2 Å². The lowest BCUT2D eigenvalue weighted by Crippen LogP contribution is -2.29. The highest BCUT2D eigenvalue weighted by Gasteiger charge is 2.28. The average Bonchev–Trinajstić information content (AvgIpc) is 3.63. The number of fused-ring (bicyclic) bond motifs is 2. The monoisotopic (exact) mass is 499 g/mol. The molecule has 180 valence electrons. The van der Waals surface area contributed by atoms with Crippen molar-refractivity contribution in [3.05, 3.63) is 87.1 Å². The van der Waals surface area contributed by atoms with Gasteiger partial charge in [-0.05, 0) is 37.1 Å². The topological polar surface area (TPSA) is 131 Å². The van der Waals surface area contributed by atoms with E-state index >= 15 is 0 Å². The van der Waals surface area contributed by atoms with E-state index in [1.165, 1.54) is 20.2 Å². The van der Waals surface area contributed by atoms with Gasteiger partial charge in [0.1, 0.15) is 11.5 Å². The van der Waals surface area contributed by atoms with Gasteiger partial charge in [-0.2, -0.15) is 0 Å². The van der Waals surface area contributed by atoms with Gasteiger partial charge in [-0.15, -0.1) is 16.4 Å². The first-order valence-electron chi connectivity index (χ1n) is 11.3. The molecule has 12 heteroatoms. The van der Waals surface area contributed by atoms with Crippen LogP contribution < -0.4 is 21.5 Å². The zero-order chi connectivity index (χ0) is 24.6. The van der Waals surface area contributed by atoms with Crippen LogP contribution in [0.5, 0.6) is 0 Å². The number of hydrogen-bond donors (Lipinski definition) is 3. The molecular formula is C24H21N9O2S. The van der Waals surface area contributed by atoms with Crippen molar-refractivity contribution in [3.8, 4) is 5.82 Å². The molecule has 5 heterocycles. The van der Waals surface area contributed by atoms with E-state index in [9.17, 15) is 9.59 Å². The van der Waals surface area contributed by atoms with E-state index in [2.05, 4.69) is 36.0 Å². The maximum Gasteiger partial charge on any atom is 0.279 e. The van der Waals surface area contributed by atoms with Gasteiger partial charge in [-0.25, -0.2) is 19.5 Å². The molecule has 1 amide bonds. The van der Waals surface area contributed by atoms with E-state index in [1.54, 1.807) is 66.6 Å². The summed E-state index contributed by atoms with van der Waals surface area (Å²) in [6.45, 7) is 0. The van der Waals surface area contributed by atoms with Gasteiger partial charge in [0.2, 0.25) is 0 Å². The summed E-state index contributed by atoms with van der Waals surface area (Å²) in [7, 11) is 1.76. The molecule has 5 aromatic heterocycles. The number of imidazole rings is 1. The van der Waals surface area contributed by atoms with Gasteiger partial charge in [0, 0.05) is 30.4 Å². The predicted molar refractivity (Wildman–Crippen MR) is 136 cm³/mol. The number of hydrogen-bond acceptors (Lipinski definition) is 9. The Kier molecular flexibility index (Phi) is 5.41. The molecule has 6 rings (SSSR count). The molecule has 5 aromatic rings. The Balaban J connectivity index is 1.34. The van der Waals surface area contributed by atoms with E-state index in [1.807, 2.05) is 6.07 Å². The van der Waals surface area contributed by atoms with Gasteiger partial charge in [-0.3, -0.25) is 14.2 Å². The fourth-order valence-corrected chi connectivity index (χ4v) is 5.15. The normalized spacial score (nSPS) is 14.5. The molecule has 0 saturated heterocycles. The lowest BCUT2D eigenvalue weighted by Gasteiger charge is -2.13. The maximum absolute atomic E-state index is 13.2. The molecule has 1 aliphatic rings.